The molecule has 0 bridgehead atoms. The summed E-state index contributed by atoms with van der Waals surface area (Å²) >= 11 is 7.07. The average Bonchev–Trinajstić information content (AvgIpc) is 3.37. The summed E-state index contributed by atoms with van der Waals surface area (Å²) in [5.41, 5.74) is 2.23. The maximum absolute atomic E-state index is 13.5. The second-order valence-corrected chi connectivity index (χ2v) is 8.09. The van der Waals surface area contributed by atoms with Gasteiger partial charge in [-0.05, 0) is 30.2 Å². The minimum atomic E-state index is -4.44. The van der Waals surface area contributed by atoms with Crippen LogP contribution in [0.25, 0.3) is 11.1 Å². The summed E-state index contributed by atoms with van der Waals surface area (Å²) in [5, 5.41) is 8.55. The first-order valence-corrected chi connectivity index (χ1v) is 10.6. The molecule has 0 aliphatic carbocycles. The van der Waals surface area contributed by atoms with Crippen molar-refractivity contribution >= 4 is 29.3 Å². The van der Waals surface area contributed by atoms with Crippen molar-refractivity contribution < 1.29 is 22.7 Å². The smallest absolute Gasteiger partial charge is 0.378 e. The van der Waals surface area contributed by atoms with Crippen molar-refractivity contribution in [2.45, 2.75) is 19.6 Å². The minimum absolute atomic E-state index is 0.0357. The van der Waals surface area contributed by atoms with E-state index in [9.17, 15) is 18.0 Å². The highest BCUT2D eigenvalue weighted by molar-refractivity contribution is 7.09. The van der Waals surface area contributed by atoms with Crippen LogP contribution in [0, 0.1) is 6.92 Å². The molecule has 2 aromatic heterocycles. The number of hydrogen-bond acceptors (Lipinski definition) is 5. The molecule has 1 aliphatic rings. The van der Waals surface area contributed by atoms with Gasteiger partial charge in [0.1, 0.15) is 16.2 Å². The summed E-state index contributed by atoms with van der Waals surface area (Å²) in [6.45, 7) is 4.40. The number of hydrogen-bond donors (Lipinski definition) is 0. The number of ether oxygens (including phenoxy) is 1. The van der Waals surface area contributed by atoms with Gasteiger partial charge in [-0.25, -0.2) is 0 Å². The molecule has 1 saturated heterocycles. The molecule has 4 rings (SSSR count). The third-order valence-electron chi connectivity index (χ3n) is 4.66. The van der Waals surface area contributed by atoms with Crippen LogP contribution in [0.4, 0.5) is 13.2 Å². The van der Waals surface area contributed by atoms with E-state index < -0.39 is 11.9 Å². The van der Waals surface area contributed by atoms with Gasteiger partial charge < -0.3 is 14.2 Å². The fourth-order valence-electron chi connectivity index (χ4n) is 3.17. The van der Waals surface area contributed by atoms with Gasteiger partial charge in [-0.15, -0.1) is 21.5 Å². The van der Waals surface area contributed by atoms with E-state index in [0.717, 1.165) is 19.5 Å². The molecule has 0 unspecified atom stereocenters. The van der Waals surface area contributed by atoms with E-state index in [2.05, 4.69) is 10.2 Å². The van der Waals surface area contributed by atoms with Crippen molar-refractivity contribution in [1.29, 1.82) is 0 Å². The summed E-state index contributed by atoms with van der Waals surface area (Å²) in [7, 11) is 0. The van der Waals surface area contributed by atoms with Crippen LogP contribution < -0.4 is 0 Å². The Hall–Kier alpha value is -2.43. The van der Waals surface area contributed by atoms with Crippen molar-refractivity contribution in [1.82, 2.24) is 19.7 Å². The number of carbonyl (C=O) groups excluding carboxylic acids is 1. The van der Waals surface area contributed by atoms with E-state index in [4.69, 9.17) is 16.3 Å². The molecule has 1 aromatic carbocycles. The van der Waals surface area contributed by atoms with Crippen molar-refractivity contribution in [3.05, 3.63) is 57.3 Å². The zero-order valence-electron chi connectivity index (χ0n) is 16.6. The molecule has 1 amide bonds. The lowest BCUT2D eigenvalue weighted by molar-refractivity contribution is -0.143. The van der Waals surface area contributed by atoms with Crippen LogP contribution >= 0.6 is 22.9 Å². The topological polar surface area (TPSA) is 60.2 Å². The summed E-state index contributed by atoms with van der Waals surface area (Å²) in [6, 6.07) is 6.73. The van der Waals surface area contributed by atoms with Crippen LogP contribution in [0.15, 0.2) is 36.0 Å². The Labute approximate surface area is 186 Å². The number of nitrogens with zero attached hydrogens (tertiary/aromatic N) is 4. The summed E-state index contributed by atoms with van der Waals surface area (Å²) in [6.07, 6.45) is -2.08. The van der Waals surface area contributed by atoms with Crippen LogP contribution in [-0.4, -0.2) is 52.4 Å². The second-order valence-electron chi connectivity index (χ2n) is 6.74. The SMILES string of the molecule is Cc1c(-c2ccc(Cl)cc2)cn(Cc2nncs2)c1C(F)(F)F.O=CN1CCOCC1. The standard InChI is InChI=1S/C15H11ClF3N3S.C5H9NO2/c1-9-12(10-2-4-11(16)5-3-10)6-22(14(9)15(17,18)19)7-13-21-20-8-23-13;7-5-6-1-3-8-4-2-6/h2-6,8H,7H2,1H3;5H,1-4H2. The van der Waals surface area contributed by atoms with Crippen molar-refractivity contribution in [2.24, 2.45) is 0 Å². The molecule has 3 aromatic rings. The van der Waals surface area contributed by atoms with Gasteiger partial charge in [0.25, 0.3) is 0 Å². The molecule has 0 radical (unpaired) electrons. The van der Waals surface area contributed by atoms with E-state index in [-0.39, 0.29) is 12.1 Å². The molecule has 1 fully saturated rings. The normalized spacial score (nSPS) is 14.2. The summed E-state index contributed by atoms with van der Waals surface area (Å²) in [4.78, 5) is 11.7. The van der Waals surface area contributed by atoms with Crippen LogP contribution in [0.3, 0.4) is 0 Å². The lowest BCUT2D eigenvalue weighted by Gasteiger charge is -2.21. The van der Waals surface area contributed by atoms with Crippen molar-refractivity contribution in [2.75, 3.05) is 26.3 Å². The molecule has 3 heterocycles. The Balaban J connectivity index is 0.000000287. The molecule has 0 spiro atoms. The molecule has 11 heteroatoms. The summed E-state index contributed by atoms with van der Waals surface area (Å²) < 4.78 is 46.6. The number of alkyl halides is 3. The molecule has 1 aliphatic heterocycles. The number of carbonyl (C=O) groups is 1. The van der Waals surface area contributed by atoms with E-state index in [1.54, 1.807) is 29.2 Å². The predicted octanol–water partition coefficient (Wildman–Crippen LogP) is 4.51. The molecule has 6 nitrogen and oxygen atoms in total. The van der Waals surface area contributed by atoms with Gasteiger partial charge in [0.15, 0.2) is 0 Å². The first-order valence-electron chi connectivity index (χ1n) is 9.34. The van der Waals surface area contributed by atoms with Crippen LogP contribution in [-0.2, 0) is 22.3 Å². The Morgan fingerprint density at radius 1 is 1.23 bits per heavy atom. The quantitative estimate of drug-likeness (QED) is 0.524. The highest BCUT2D eigenvalue weighted by Gasteiger charge is 2.37. The number of aromatic nitrogens is 3. The van der Waals surface area contributed by atoms with Crippen molar-refractivity contribution in [3.63, 3.8) is 0 Å². The third-order valence-corrected chi connectivity index (χ3v) is 5.60. The number of amides is 1. The van der Waals surface area contributed by atoms with Gasteiger partial charge in [-0.3, -0.25) is 4.79 Å². The monoisotopic (exact) mass is 472 g/mol. The van der Waals surface area contributed by atoms with Gasteiger partial charge in [0.2, 0.25) is 6.41 Å². The molecule has 0 N–H and O–H groups in total. The van der Waals surface area contributed by atoms with Crippen LogP contribution in [0.2, 0.25) is 5.02 Å². The molecular weight excluding hydrogens is 453 g/mol. The van der Waals surface area contributed by atoms with Gasteiger partial charge in [-0.1, -0.05) is 23.7 Å². The maximum atomic E-state index is 13.5. The maximum Gasteiger partial charge on any atom is 0.431 e. The highest BCUT2D eigenvalue weighted by atomic mass is 35.5. The van der Waals surface area contributed by atoms with E-state index in [1.807, 2.05) is 0 Å². The first-order chi connectivity index (χ1) is 14.8. The Bertz CT molecular complexity index is 985. The molecule has 31 heavy (non-hydrogen) atoms. The fraction of sp³-hybridized carbons (Fsp3) is 0.350. The van der Waals surface area contributed by atoms with Gasteiger partial charge in [0, 0.05) is 29.9 Å². The van der Waals surface area contributed by atoms with Crippen molar-refractivity contribution in [3.8, 4) is 11.1 Å². The molecule has 0 atom stereocenters. The molecule has 0 saturated carbocycles. The van der Waals surface area contributed by atoms with Crippen LogP contribution in [0.5, 0.6) is 0 Å². The molecule has 166 valence electrons. The number of halogens is 4. The molecular formula is C20H20ClF3N4O2S. The van der Waals surface area contributed by atoms with Gasteiger partial charge in [0.05, 0.1) is 19.8 Å². The number of benzene rings is 1. The minimum Gasteiger partial charge on any atom is -0.378 e. The highest BCUT2D eigenvalue weighted by Crippen LogP contribution is 2.38. The largest absolute Gasteiger partial charge is 0.431 e. The number of rotatable bonds is 4. The first kappa shape index (κ1) is 23.2. The average molecular weight is 473 g/mol. The fourth-order valence-corrected chi connectivity index (χ4v) is 3.82. The predicted molar refractivity (Wildman–Crippen MR) is 112 cm³/mol. The van der Waals surface area contributed by atoms with E-state index >= 15 is 0 Å². The number of morpholine rings is 1. The lowest BCUT2D eigenvalue weighted by Crippen LogP contribution is -2.34. The third kappa shape index (κ3) is 6.05. The van der Waals surface area contributed by atoms with Gasteiger partial charge in [-0.2, -0.15) is 13.2 Å². The van der Waals surface area contributed by atoms with E-state index in [0.29, 0.717) is 34.4 Å². The Morgan fingerprint density at radius 2 is 1.90 bits per heavy atom. The summed E-state index contributed by atoms with van der Waals surface area (Å²) in [5.74, 6) is 0. The zero-order valence-corrected chi connectivity index (χ0v) is 18.2. The lowest BCUT2D eigenvalue weighted by atomic mass is 10.0. The Morgan fingerprint density at radius 3 is 2.42 bits per heavy atom. The van der Waals surface area contributed by atoms with Gasteiger partial charge >= 0.3 is 6.18 Å². The zero-order chi connectivity index (χ0) is 22.4. The second kappa shape index (κ2) is 10.3. The van der Waals surface area contributed by atoms with Crippen LogP contribution in [0.1, 0.15) is 16.3 Å². The Kier molecular flexibility index (Phi) is 7.69. The van der Waals surface area contributed by atoms with E-state index in [1.165, 1.54) is 34.5 Å².